The normalized spacial score (nSPS) is 13.8. The summed E-state index contributed by atoms with van der Waals surface area (Å²) in [4.78, 5) is 2.52. The van der Waals surface area contributed by atoms with E-state index in [1.54, 1.807) is 0 Å². The van der Waals surface area contributed by atoms with Crippen molar-refractivity contribution < 1.29 is 0 Å². The van der Waals surface area contributed by atoms with Crippen molar-refractivity contribution in [1.82, 2.24) is 4.90 Å². The highest BCUT2D eigenvalue weighted by Gasteiger charge is 2.05. The van der Waals surface area contributed by atoms with E-state index in [-0.39, 0.29) is 0 Å². The standard InChI is InChI=1S/C10H23NS/c1-4-6-7-11(5-2)8-10(3)9-12/h10,12H,4-9H2,1-3H3. The molecule has 0 saturated carbocycles. The first-order valence-electron chi connectivity index (χ1n) is 5.07. The molecule has 0 bridgehead atoms. The van der Waals surface area contributed by atoms with E-state index in [1.807, 2.05) is 0 Å². The van der Waals surface area contributed by atoms with E-state index in [2.05, 4.69) is 38.3 Å². The van der Waals surface area contributed by atoms with Crippen molar-refractivity contribution in [3.05, 3.63) is 0 Å². The third-order valence-electron chi connectivity index (χ3n) is 2.16. The first kappa shape index (κ1) is 12.3. The number of thiol groups is 1. The van der Waals surface area contributed by atoms with Gasteiger partial charge in [0.15, 0.2) is 0 Å². The van der Waals surface area contributed by atoms with Crippen LogP contribution in [0.5, 0.6) is 0 Å². The molecule has 74 valence electrons. The molecule has 0 aliphatic heterocycles. The maximum absolute atomic E-state index is 4.29. The fourth-order valence-corrected chi connectivity index (χ4v) is 1.37. The quantitative estimate of drug-likeness (QED) is 0.603. The van der Waals surface area contributed by atoms with Gasteiger partial charge in [0.2, 0.25) is 0 Å². The van der Waals surface area contributed by atoms with Gasteiger partial charge in [-0.25, -0.2) is 0 Å². The zero-order chi connectivity index (χ0) is 9.40. The van der Waals surface area contributed by atoms with Crippen molar-refractivity contribution in [1.29, 1.82) is 0 Å². The fourth-order valence-electron chi connectivity index (χ4n) is 1.26. The second-order valence-electron chi connectivity index (χ2n) is 3.53. The number of hydrogen-bond donors (Lipinski definition) is 1. The van der Waals surface area contributed by atoms with Crippen LogP contribution in [0, 0.1) is 5.92 Å². The monoisotopic (exact) mass is 189 g/mol. The summed E-state index contributed by atoms with van der Waals surface area (Å²) in [6, 6.07) is 0. The minimum absolute atomic E-state index is 0.727. The lowest BCUT2D eigenvalue weighted by Crippen LogP contribution is -2.30. The Kier molecular flexibility index (Phi) is 8.14. The highest BCUT2D eigenvalue weighted by atomic mass is 32.1. The van der Waals surface area contributed by atoms with Gasteiger partial charge < -0.3 is 4.90 Å². The predicted molar refractivity (Wildman–Crippen MR) is 60.0 cm³/mol. The van der Waals surface area contributed by atoms with Gasteiger partial charge in [-0.05, 0) is 31.2 Å². The lowest BCUT2D eigenvalue weighted by Gasteiger charge is -2.23. The van der Waals surface area contributed by atoms with Crippen molar-refractivity contribution in [2.24, 2.45) is 5.92 Å². The van der Waals surface area contributed by atoms with Gasteiger partial charge in [0.25, 0.3) is 0 Å². The van der Waals surface area contributed by atoms with E-state index in [1.165, 1.54) is 32.5 Å². The van der Waals surface area contributed by atoms with E-state index in [9.17, 15) is 0 Å². The van der Waals surface area contributed by atoms with Gasteiger partial charge in [0, 0.05) is 6.54 Å². The van der Waals surface area contributed by atoms with Crippen LogP contribution in [0.1, 0.15) is 33.6 Å². The molecule has 1 unspecified atom stereocenters. The Labute approximate surface area is 82.9 Å². The zero-order valence-electron chi connectivity index (χ0n) is 8.71. The molecule has 0 fully saturated rings. The summed E-state index contributed by atoms with van der Waals surface area (Å²) >= 11 is 4.29. The maximum atomic E-state index is 4.29. The minimum atomic E-state index is 0.727. The summed E-state index contributed by atoms with van der Waals surface area (Å²) in [5.74, 6) is 1.73. The highest BCUT2D eigenvalue weighted by molar-refractivity contribution is 7.80. The Balaban J connectivity index is 3.51. The second kappa shape index (κ2) is 7.93. The van der Waals surface area contributed by atoms with Crippen molar-refractivity contribution >= 4 is 12.6 Å². The van der Waals surface area contributed by atoms with E-state index in [0.717, 1.165) is 11.7 Å². The third kappa shape index (κ3) is 5.90. The number of hydrogen-bond acceptors (Lipinski definition) is 2. The van der Waals surface area contributed by atoms with Crippen molar-refractivity contribution in [2.75, 3.05) is 25.4 Å². The number of nitrogens with zero attached hydrogens (tertiary/aromatic N) is 1. The molecule has 0 aromatic heterocycles. The zero-order valence-corrected chi connectivity index (χ0v) is 9.61. The topological polar surface area (TPSA) is 3.24 Å². The lowest BCUT2D eigenvalue weighted by molar-refractivity contribution is 0.254. The van der Waals surface area contributed by atoms with Crippen LogP contribution in [0.25, 0.3) is 0 Å². The van der Waals surface area contributed by atoms with Gasteiger partial charge in [-0.15, -0.1) is 0 Å². The molecule has 2 heteroatoms. The molecule has 0 radical (unpaired) electrons. The molecule has 0 aliphatic carbocycles. The third-order valence-corrected chi connectivity index (χ3v) is 2.78. The summed E-state index contributed by atoms with van der Waals surface area (Å²) in [6.45, 7) is 10.4. The molecule has 0 aromatic rings. The molecular weight excluding hydrogens is 166 g/mol. The molecule has 0 amide bonds. The van der Waals surface area contributed by atoms with E-state index >= 15 is 0 Å². The van der Waals surface area contributed by atoms with Gasteiger partial charge in [-0.1, -0.05) is 27.2 Å². The number of unbranched alkanes of at least 4 members (excludes halogenated alkanes) is 1. The van der Waals surface area contributed by atoms with Gasteiger partial charge in [0.1, 0.15) is 0 Å². The Hall–Kier alpha value is 0.310. The summed E-state index contributed by atoms with van der Waals surface area (Å²) in [5, 5.41) is 0. The van der Waals surface area contributed by atoms with Gasteiger partial charge in [-0.3, -0.25) is 0 Å². The van der Waals surface area contributed by atoms with Crippen LogP contribution in [0.4, 0.5) is 0 Å². The van der Waals surface area contributed by atoms with Crippen molar-refractivity contribution in [3.8, 4) is 0 Å². The predicted octanol–water partition coefficient (Wildman–Crippen LogP) is 2.67. The van der Waals surface area contributed by atoms with Crippen LogP contribution < -0.4 is 0 Å². The smallest absolute Gasteiger partial charge is 0.00147 e. The molecule has 0 rings (SSSR count). The summed E-state index contributed by atoms with van der Waals surface area (Å²) in [5.41, 5.74) is 0. The molecule has 12 heavy (non-hydrogen) atoms. The second-order valence-corrected chi connectivity index (χ2v) is 3.90. The van der Waals surface area contributed by atoms with E-state index < -0.39 is 0 Å². The SMILES string of the molecule is CCCCN(CC)CC(C)CS. The molecule has 0 spiro atoms. The van der Waals surface area contributed by atoms with E-state index in [0.29, 0.717) is 0 Å². The van der Waals surface area contributed by atoms with Gasteiger partial charge in [0.05, 0.1) is 0 Å². The van der Waals surface area contributed by atoms with Crippen LogP contribution in [-0.4, -0.2) is 30.3 Å². The molecule has 0 aliphatic rings. The Morgan fingerprint density at radius 2 is 2.00 bits per heavy atom. The first-order valence-corrected chi connectivity index (χ1v) is 5.71. The Bertz CT molecular complexity index is 95.8. The summed E-state index contributed by atoms with van der Waals surface area (Å²) in [7, 11) is 0. The van der Waals surface area contributed by atoms with Crippen molar-refractivity contribution in [3.63, 3.8) is 0 Å². The van der Waals surface area contributed by atoms with Crippen molar-refractivity contribution in [2.45, 2.75) is 33.6 Å². The fraction of sp³-hybridized carbons (Fsp3) is 1.00. The highest BCUT2D eigenvalue weighted by Crippen LogP contribution is 2.03. The first-order chi connectivity index (χ1) is 5.74. The molecule has 0 aromatic carbocycles. The van der Waals surface area contributed by atoms with Crippen LogP contribution in [-0.2, 0) is 0 Å². The van der Waals surface area contributed by atoms with Crippen LogP contribution >= 0.6 is 12.6 Å². The maximum Gasteiger partial charge on any atom is 0.00147 e. The minimum Gasteiger partial charge on any atom is -0.303 e. The van der Waals surface area contributed by atoms with Gasteiger partial charge in [-0.2, -0.15) is 12.6 Å². The average Bonchev–Trinajstić information content (AvgIpc) is 2.11. The molecule has 1 atom stereocenters. The van der Waals surface area contributed by atoms with Crippen LogP contribution in [0.15, 0.2) is 0 Å². The average molecular weight is 189 g/mol. The van der Waals surface area contributed by atoms with E-state index in [4.69, 9.17) is 0 Å². The summed E-state index contributed by atoms with van der Waals surface area (Å²) < 4.78 is 0. The Morgan fingerprint density at radius 3 is 2.42 bits per heavy atom. The largest absolute Gasteiger partial charge is 0.303 e. The molecule has 1 nitrogen and oxygen atoms in total. The molecule has 0 saturated heterocycles. The molecule has 0 N–H and O–H groups in total. The lowest BCUT2D eigenvalue weighted by atomic mass is 10.2. The van der Waals surface area contributed by atoms with Crippen LogP contribution in [0.2, 0.25) is 0 Å². The molecule has 0 heterocycles. The van der Waals surface area contributed by atoms with Gasteiger partial charge >= 0.3 is 0 Å². The Morgan fingerprint density at radius 1 is 1.33 bits per heavy atom. The summed E-state index contributed by atoms with van der Waals surface area (Å²) in [6.07, 6.45) is 2.62. The molecular formula is C10H23NS. The van der Waals surface area contributed by atoms with Crippen LogP contribution in [0.3, 0.4) is 0 Å². The number of rotatable bonds is 7.